The molecular formula is C27H30N4OS. The molecule has 4 aliphatic carbocycles. The minimum atomic E-state index is -0.0348. The van der Waals surface area contributed by atoms with E-state index < -0.39 is 0 Å². The highest BCUT2D eigenvalue weighted by Gasteiger charge is 2.55. The molecule has 5 fully saturated rings. The number of carbonyl (C=O) groups is 1. The van der Waals surface area contributed by atoms with Crippen LogP contribution in [0.4, 0.5) is 5.82 Å². The number of aromatic nitrogens is 2. The van der Waals surface area contributed by atoms with Crippen molar-refractivity contribution in [1.29, 1.82) is 0 Å². The minimum absolute atomic E-state index is 0.0348. The summed E-state index contributed by atoms with van der Waals surface area (Å²) >= 11 is 1.68. The van der Waals surface area contributed by atoms with E-state index in [0.29, 0.717) is 5.91 Å². The van der Waals surface area contributed by atoms with Crippen LogP contribution in [0.25, 0.3) is 21.3 Å². The summed E-state index contributed by atoms with van der Waals surface area (Å²) < 4.78 is 0. The summed E-state index contributed by atoms with van der Waals surface area (Å²) in [6.07, 6.45) is 9.30. The van der Waals surface area contributed by atoms with Crippen molar-refractivity contribution in [1.82, 2.24) is 14.9 Å². The molecule has 0 spiro atoms. The van der Waals surface area contributed by atoms with Crippen LogP contribution >= 0.6 is 11.3 Å². The Labute approximate surface area is 198 Å². The van der Waals surface area contributed by atoms with Gasteiger partial charge in [0.05, 0.1) is 10.8 Å². The second-order valence-electron chi connectivity index (χ2n) is 10.9. The Bertz CT molecular complexity index is 1160. The van der Waals surface area contributed by atoms with Crippen molar-refractivity contribution < 1.29 is 4.79 Å². The summed E-state index contributed by atoms with van der Waals surface area (Å²) in [4.78, 5) is 28.7. The molecule has 4 bridgehead atoms. The SMILES string of the molecule is O=C(N1CCN(c2ncnc3scc(-c4ccccc4)c23)CC1)C12CC3CC(CC(C3)C1)C2. The van der Waals surface area contributed by atoms with Crippen LogP contribution in [0.3, 0.4) is 0 Å². The van der Waals surface area contributed by atoms with Crippen LogP contribution < -0.4 is 4.90 Å². The maximum atomic E-state index is 13.8. The van der Waals surface area contributed by atoms with Crippen LogP contribution in [-0.4, -0.2) is 47.0 Å². The molecule has 33 heavy (non-hydrogen) atoms. The minimum Gasteiger partial charge on any atom is -0.352 e. The van der Waals surface area contributed by atoms with Crippen LogP contribution in [0.2, 0.25) is 0 Å². The van der Waals surface area contributed by atoms with Gasteiger partial charge in [0, 0.05) is 37.1 Å². The first-order chi connectivity index (χ1) is 16.2. The Morgan fingerprint density at radius 3 is 2.24 bits per heavy atom. The van der Waals surface area contributed by atoms with Gasteiger partial charge < -0.3 is 9.80 Å². The van der Waals surface area contributed by atoms with Gasteiger partial charge >= 0.3 is 0 Å². The fraction of sp³-hybridized carbons (Fsp3) is 0.519. The van der Waals surface area contributed by atoms with Gasteiger partial charge in [-0.3, -0.25) is 4.79 Å². The maximum Gasteiger partial charge on any atom is 0.228 e. The molecule has 1 aromatic carbocycles. The summed E-state index contributed by atoms with van der Waals surface area (Å²) in [6.45, 7) is 3.29. The Hall–Kier alpha value is -2.47. The molecule has 1 saturated heterocycles. The second-order valence-corrected chi connectivity index (χ2v) is 11.7. The van der Waals surface area contributed by atoms with Gasteiger partial charge in [0.1, 0.15) is 17.0 Å². The zero-order chi connectivity index (χ0) is 22.0. The van der Waals surface area contributed by atoms with Gasteiger partial charge in [0.25, 0.3) is 0 Å². The van der Waals surface area contributed by atoms with Crippen molar-refractivity contribution in [3.8, 4) is 11.1 Å². The molecule has 1 aliphatic heterocycles. The summed E-state index contributed by atoms with van der Waals surface area (Å²) in [6, 6.07) is 10.5. The third-order valence-corrected chi connectivity index (χ3v) is 9.68. The van der Waals surface area contributed by atoms with Crippen molar-refractivity contribution in [3.05, 3.63) is 42.0 Å². The largest absolute Gasteiger partial charge is 0.352 e. The lowest BCUT2D eigenvalue weighted by molar-refractivity contribution is -0.158. The molecule has 4 saturated carbocycles. The third-order valence-electron chi connectivity index (χ3n) is 8.79. The van der Waals surface area contributed by atoms with Crippen molar-refractivity contribution in [2.75, 3.05) is 31.1 Å². The van der Waals surface area contributed by atoms with Crippen LogP contribution in [0.1, 0.15) is 38.5 Å². The summed E-state index contributed by atoms with van der Waals surface area (Å²) in [5, 5.41) is 3.35. The zero-order valence-electron chi connectivity index (χ0n) is 18.9. The summed E-state index contributed by atoms with van der Waals surface area (Å²) in [7, 11) is 0. The summed E-state index contributed by atoms with van der Waals surface area (Å²) in [5.74, 6) is 3.92. The van der Waals surface area contributed by atoms with Crippen molar-refractivity contribution in [2.45, 2.75) is 38.5 Å². The van der Waals surface area contributed by atoms with E-state index in [-0.39, 0.29) is 5.41 Å². The van der Waals surface area contributed by atoms with Gasteiger partial charge in [-0.15, -0.1) is 11.3 Å². The van der Waals surface area contributed by atoms with Crippen molar-refractivity contribution in [3.63, 3.8) is 0 Å². The van der Waals surface area contributed by atoms with E-state index in [2.05, 4.69) is 50.5 Å². The number of hydrogen-bond donors (Lipinski definition) is 0. The zero-order valence-corrected chi connectivity index (χ0v) is 19.8. The number of rotatable bonds is 3. The first kappa shape index (κ1) is 20.0. The molecule has 0 radical (unpaired) electrons. The van der Waals surface area contributed by atoms with E-state index in [9.17, 15) is 4.79 Å². The molecule has 0 unspecified atom stereocenters. The molecule has 8 rings (SSSR count). The highest BCUT2D eigenvalue weighted by Crippen LogP contribution is 2.60. The average molecular weight is 459 g/mol. The maximum absolute atomic E-state index is 13.8. The first-order valence-corrected chi connectivity index (χ1v) is 13.4. The van der Waals surface area contributed by atoms with Gasteiger partial charge in [-0.05, 0) is 61.8 Å². The lowest BCUT2D eigenvalue weighted by Crippen LogP contribution is -2.58. The number of anilines is 1. The van der Waals surface area contributed by atoms with Gasteiger partial charge in [-0.25, -0.2) is 9.97 Å². The van der Waals surface area contributed by atoms with Crippen molar-refractivity contribution in [2.24, 2.45) is 23.2 Å². The van der Waals surface area contributed by atoms with Gasteiger partial charge in [0.2, 0.25) is 5.91 Å². The molecule has 0 N–H and O–H groups in total. The van der Waals surface area contributed by atoms with Gasteiger partial charge in [-0.1, -0.05) is 30.3 Å². The molecule has 170 valence electrons. The fourth-order valence-corrected chi connectivity index (χ4v) is 8.67. The quantitative estimate of drug-likeness (QED) is 0.540. The van der Waals surface area contributed by atoms with E-state index >= 15 is 0 Å². The van der Waals surface area contributed by atoms with E-state index in [1.165, 1.54) is 30.4 Å². The number of fused-ring (bicyclic) bond motifs is 1. The molecule has 3 heterocycles. The van der Waals surface area contributed by atoms with E-state index in [1.807, 2.05) is 0 Å². The molecule has 0 atom stereocenters. The van der Waals surface area contributed by atoms with Gasteiger partial charge in [-0.2, -0.15) is 0 Å². The molecule has 3 aromatic rings. The van der Waals surface area contributed by atoms with E-state index in [0.717, 1.165) is 79.2 Å². The number of carbonyl (C=O) groups excluding carboxylic acids is 1. The van der Waals surface area contributed by atoms with E-state index in [1.54, 1.807) is 17.7 Å². The summed E-state index contributed by atoms with van der Waals surface area (Å²) in [5.41, 5.74) is 2.38. The monoisotopic (exact) mass is 458 g/mol. The number of amides is 1. The predicted octanol–water partition coefficient (Wildman–Crippen LogP) is 5.22. The molecule has 1 amide bonds. The lowest BCUT2D eigenvalue weighted by Gasteiger charge is -2.57. The van der Waals surface area contributed by atoms with Gasteiger partial charge in [0.15, 0.2) is 0 Å². The number of nitrogens with zero attached hydrogens (tertiary/aromatic N) is 4. The smallest absolute Gasteiger partial charge is 0.228 e. The Morgan fingerprint density at radius 1 is 0.909 bits per heavy atom. The van der Waals surface area contributed by atoms with Crippen LogP contribution in [0, 0.1) is 23.2 Å². The van der Waals surface area contributed by atoms with Crippen LogP contribution in [0.15, 0.2) is 42.0 Å². The third kappa shape index (κ3) is 3.21. The number of hydrogen-bond acceptors (Lipinski definition) is 5. The van der Waals surface area contributed by atoms with E-state index in [4.69, 9.17) is 4.98 Å². The van der Waals surface area contributed by atoms with Crippen LogP contribution in [0.5, 0.6) is 0 Å². The molecule has 5 aliphatic rings. The number of benzene rings is 1. The lowest BCUT2D eigenvalue weighted by atomic mass is 9.49. The number of piperazine rings is 1. The second kappa shape index (κ2) is 7.52. The highest BCUT2D eigenvalue weighted by molar-refractivity contribution is 7.17. The fourth-order valence-electron chi connectivity index (χ4n) is 7.76. The molecule has 5 nitrogen and oxygen atoms in total. The topological polar surface area (TPSA) is 49.3 Å². The Kier molecular flexibility index (Phi) is 4.55. The standard InChI is InChI=1S/C27H30N4OS/c32-26(27-13-18-10-19(14-27)12-20(11-18)15-27)31-8-6-30(7-9-31)24-23-22(21-4-2-1-3-5-21)16-33-25(23)29-17-28-24/h1-5,16-20H,6-15H2. The molecule has 6 heteroatoms. The van der Waals surface area contributed by atoms with Crippen molar-refractivity contribution >= 4 is 33.3 Å². The normalized spacial score (nSPS) is 30.8. The Balaban J connectivity index is 1.13. The molecular weight excluding hydrogens is 428 g/mol. The Morgan fingerprint density at radius 2 is 1.58 bits per heavy atom. The molecule has 2 aromatic heterocycles. The first-order valence-electron chi connectivity index (χ1n) is 12.5. The highest BCUT2D eigenvalue weighted by atomic mass is 32.1. The van der Waals surface area contributed by atoms with Crippen LogP contribution in [-0.2, 0) is 4.79 Å². The number of thiophene rings is 1. The average Bonchev–Trinajstić information content (AvgIpc) is 3.28. The predicted molar refractivity (Wildman–Crippen MR) is 132 cm³/mol.